The summed E-state index contributed by atoms with van der Waals surface area (Å²) in [6.07, 6.45) is 2.53. The van der Waals surface area contributed by atoms with Gasteiger partial charge in [-0.1, -0.05) is 26.6 Å². The second-order valence-corrected chi connectivity index (χ2v) is 15.1. The van der Waals surface area contributed by atoms with Crippen LogP contribution in [0.25, 0.3) is 0 Å². The number of ether oxygens (including phenoxy) is 1. The van der Waals surface area contributed by atoms with Gasteiger partial charge < -0.3 is 18.7 Å². The zero-order chi connectivity index (χ0) is 21.5. The van der Waals surface area contributed by atoms with Crippen LogP contribution in [-0.2, 0) is 31.9 Å². The second-order valence-electron chi connectivity index (χ2n) is 9.45. The van der Waals surface area contributed by atoms with Crippen molar-refractivity contribution in [2.75, 3.05) is 6.61 Å². The molecule has 0 amide bonds. The lowest BCUT2D eigenvalue weighted by molar-refractivity contribution is 0.0113. The molecule has 1 aromatic heterocycles. The van der Waals surface area contributed by atoms with Crippen LogP contribution in [0, 0.1) is 0 Å². The van der Waals surface area contributed by atoms with Crippen molar-refractivity contribution in [2.45, 2.75) is 106 Å². The van der Waals surface area contributed by atoms with Crippen LogP contribution in [0.4, 0.5) is 0 Å². The molecule has 0 aromatic carbocycles. The van der Waals surface area contributed by atoms with E-state index in [1.807, 2.05) is 52.4 Å². The van der Waals surface area contributed by atoms with E-state index in [2.05, 4.69) is 31.7 Å². The van der Waals surface area contributed by atoms with Crippen LogP contribution < -0.4 is 5.59 Å². The molecular weight excluding hydrogens is 371 g/mol. The van der Waals surface area contributed by atoms with Gasteiger partial charge in [-0.2, -0.15) is 5.10 Å². The molecule has 0 saturated heterocycles. The largest absolute Gasteiger partial charge is 0.538 e. The highest BCUT2D eigenvalue weighted by atomic mass is 28.3. The number of hydrogen-bond acceptors (Lipinski definition) is 5. The molecule has 0 radical (unpaired) electrons. The number of nitrogens with zero attached hydrogens (tertiary/aromatic N) is 2. The first-order chi connectivity index (χ1) is 12.9. The monoisotopic (exact) mass is 413 g/mol. The summed E-state index contributed by atoms with van der Waals surface area (Å²) in [6, 6.07) is 1.12. The molecule has 0 N–H and O–H groups in total. The normalized spacial score (nSPS) is 13.3. The summed E-state index contributed by atoms with van der Waals surface area (Å²) in [6.45, 7) is 20.1. The van der Waals surface area contributed by atoms with Gasteiger partial charge in [0.1, 0.15) is 6.73 Å². The van der Waals surface area contributed by atoms with Crippen molar-refractivity contribution in [1.29, 1.82) is 0 Å². The van der Waals surface area contributed by atoms with Crippen LogP contribution >= 0.6 is 0 Å². The standard InChI is InChI=1S/C20H42BN2O4Si/c1-11-19-14-22-23(15-24-12-13-28(8,9)10)20(19)21(25-16(2)3,26-17(4)5)27-18(6)7/h14,16-18H,11-13,15H2,1-10H3/q-1. The molecule has 0 unspecified atom stereocenters. The molecule has 6 nitrogen and oxygen atoms in total. The minimum atomic E-state index is -2.16. The minimum absolute atomic E-state index is 0.0571. The molecular formula is C20H42BN2O4Si-. The minimum Gasteiger partial charge on any atom is -0.538 e. The lowest BCUT2D eigenvalue weighted by Gasteiger charge is -2.46. The van der Waals surface area contributed by atoms with Crippen molar-refractivity contribution in [3.8, 4) is 0 Å². The molecule has 0 saturated carbocycles. The van der Waals surface area contributed by atoms with E-state index in [4.69, 9.17) is 18.7 Å². The topological polar surface area (TPSA) is 54.7 Å². The molecule has 0 bridgehead atoms. The maximum Gasteiger partial charge on any atom is 0.428 e. The fourth-order valence-corrected chi connectivity index (χ4v) is 3.87. The first-order valence-electron chi connectivity index (χ1n) is 10.7. The van der Waals surface area contributed by atoms with Crippen LogP contribution in [0.15, 0.2) is 6.20 Å². The highest BCUT2D eigenvalue weighted by molar-refractivity contribution is 6.76. The lowest BCUT2D eigenvalue weighted by Crippen LogP contribution is -2.63. The Hall–Kier alpha value is -0.668. The maximum atomic E-state index is 6.36. The SMILES string of the molecule is CCc1cnn(COCC[Si](C)(C)C)c1[B-](OC(C)C)(OC(C)C)OC(C)C. The molecule has 0 atom stereocenters. The van der Waals surface area contributed by atoms with Crippen molar-refractivity contribution >= 4 is 20.4 Å². The molecule has 8 heteroatoms. The summed E-state index contributed by atoms with van der Waals surface area (Å²) in [5.74, 6) is 0. The third kappa shape index (κ3) is 7.99. The Morgan fingerprint density at radius 2 is 1.46 bits per heavy atom. The van der Waals surface area contributed by atoms with E-state index in [9.17, 15) is 0 Å². The molecule has 0 fully saturated rings. The quantitative estimate of drug-likeness (QED) is 0.359. The van der Waals surface area contributed by atoms with Crippen molar-refractivity contribution in [1.82, 2.24) is 9.78 Å². The molecule has 0 aliphatic carbocycles. The number of aromatic nitrogens is 2. The van der Waals surface area contributed by atoms with E-state index < -0.39 is 14.8 Å². The van der Waals surface area contributed by atoms with E-state index in [1.54, 1.807) is 0 Å². The number of aryl methyl sites for hydroxylation is 1. The van der Waals surface area contributed by atoms with E-state index in [1.165, 1.54) is 0 Å². The Kier molecular flexibility index (Phi) is 9.90. The van der Waals surface area contributed by atoms with Crippen molar-refractivity contribution in [2.24, 2.45) is 0 Å². The average molecular weight is 413 g/mol. The van der Waals surface area contributed by atoms with E-state index in [-0.39, 0.29) is 18.3 Å². The third-order valence-electron chi connectivity index (χ3n) is 4.24. The van der Waals surface area contributed by atoms with Crippen molar-refractivity contribution < 1.29 is 18.7 Å². The van der Waals surface area contributed by atoms with Gasteiger partial charge in [0.2, 0.25) is 0 Å². The molecule has 164 valence electrons. The van der Waals surface area contributed by atoms with Gasteiger partial charge in [-0.3, -0.25) is 4.68 Å². The summed E-state index contributed by atoms with van der Waals surface area (Å²) in [4.78, 5) is 0. The fraction of sp³-hybridized carbons (Fsp3) is 0.850. The van der Waals surface area contributed by atoms with Crippen LogP contribution in [0.3, 0.4) is 0 Å². The summed E-state index contributed by atoms with van der Waals surface area (Å²) in [7, 11) is -1.14. The van der Waals surface area contributed by atoms with Gasteiger partial charge in [0.15, 0.2) is 0 Å². The molecule has 1 rings (SSSR count). The predicted molar refractivity (Wildman–Crippen MR) is 120 cm³/mol. The Morgan fingerprint density at radius 1 is 0.964 bits per heavy atom. The van der Waals surface area contributed by atoms with Crippen LogP contribution in [0.1, 0.15) is 54.0 Å². The van der Waals surface area contributed by atoms with Gasteiger partial charge in [-0.15, -0.1) is 0 Å². The zero-order valence-corrected chi connectivity index (χ0v) is 20.7. The van der Waals surface area contributed by atoms with Gasteiger partial charge in [0, 0.05) is 39.2 Å². The van der Waals surface area contributed by atoms with Crippen LogP contribution in [0.2, 0.25) is 25.7 Å². The van der Waals surface area contributed by atoms with Gasteiger partial charge >= 0.3 is 6.75 Å². The Balaban J connectivity index is 3.27. The molecule has 1 aromatic rings. The first-order valence-corrected chi connectivity index (χ1v) is 14.4. The van der Waals surface area contributed by atoms with Crippen molar-refractivity contribution in [3.63, 3.8) is 0 Å². The van der Waals surface area contributed by atoms with Gasteiger partial charge in [0.25, 0.3) is 0 Å². The van der Waals surface area contributed by atoms with Gasteiger partial charge in [-0.05, 0) is 65.2 Å². The Bertz CT molecular complexity index is 559. The number of rotatable bonds is 13. The third-order valence-corrected chi connectivity index (χ3v) is 5.94. The maximum absolute atomic E-state index is 6.36. The second kappa shape index (κ2) is 10.9. The molecule has 28 heavy (non-hydrogen) atoms. The molecule has 1 heterocycles. The average Bonchev–Trinajstić information content (AvgIpc) is 2.92. The number of hydrogen-bond donors (Lipinski definition) is 0. The summed E-state index contributed by atoms with van der Waals surface area (Å²) >= 11 is 0. The first kappa shape index (κ1) is 25.4. The molecule has 0 aliphatic heterocycles. The van der Waals surface area contributed by atoms with Gasteiger partial charge in [0.05, 0.1) is 0 Å². The molecule has 0 spiro atoms. The summed E-state index contributed by atoms with van der Waals surface area (Å²) < 4.78 is 26.9. The summed E-state index contributed by atoms with van der Waals surface area (Å²) in [5.41, 5.74) is 1.92. The highest BCUT2D eigenvalue weighted by Crippen LogP contribution is 2.20. The van der Waals surface area contributed by atoms with Gasteiger partial charge in [-0.25, -0.2) is 0 Å². The van der Waals surface area contributed by atoms with E-state index in [0.717, 1.165) is 30.2 Å². The Morgan fingerprint density at radius 3 is 1.86 bits per heavy atom. The predicted octanol–water partition coefficient (Wildman–Crippen LogP) is 4.18. The fourth-order valence-electron chi connectivity index (χ4n) is 3.11. The smallest absolute Gasteiger partial charge is 0.428 e. The van der Waals surface area contributed by atoms with E-state index >= 15 is 0 Å². The lowest BCUT2D eigenvalue weighted by atomic mass is 9.69. The van der Waals surface area contributed by atoms with Crippen molar-refractivity contribution in [3.05, 3.63) is 11.8 Å². The zero-order valence-electron chi connectivity index (χ0n) is 19.7. The Labute approximate surface area is 173 Å². The highest BCUT2D eigenvalue weighted by Gasteiger charge is 2.39. The van der Waals surface area contributed by atoms with Crippen LogP contribution in [-0.4, -0.2) is 49.5 Å². The molecule has 0 aliphatic rings. The van der Waals surface area contributed by atoms with E-state index in [0.29, 0.717) is 6.73 Å². The summed E-state index contributed by atoms with van der Waals surface area (Å²) in [5, 5.41) is 4.59. The van der Waals surface area contributed by atoms with Crippen LogP contribution in [0.5, 0.6) is 0 Å².